The van der Waals surface area contributed by atoms with E-state index >= 15 is 0 Å². The smallest absolute Gasteiger partial charge is 0.0954 e. The molecule has 1 unspecified atom stereocenters. The van der Waals surface area contributed by atoms with E-state index in [1.165, 1.54) is 29.0 Å². The summed E-state index contributed by atoms with van der Waals surface area (Å²) in [6.07, 6.45) is 5.24. The van der Waals surface area contributed by atoms with Gasteiger partial charge in [-0.15, -0.1) is 11.3 Å². The Hall–Kier alpha value is -0.970. The first-order valence-corrected chi connectivity index (χ1v) is 8.73. The molecule has 3 nitrogen and oxygen atoms in total. The SMILES string of the molecule is CCOC1CC(CC(Cc2nc3ccccc3s2)NC)C1. The average molecular weight is 304 g/mol. The summed E-state index contributed by atoms with van der Waals surface area (Å²) in [5.74, 6) is 0.813. The molecule has 4 heteroatoms. The van der Waals surface area contributed by atoms with E-state index in [0.717, 1.165) is 24.5 Å². The number of ether oxygens (including phenoxy) is 1. The summed E-state index contributed by atoms with van der Waals surface area (Å²) in [5.41, 5.74) is 1.13. The quantitative estimate of drug-likeness (QED) is 0.848. The number of likely N-dealkylation sites (N-methyl/N-ethyl adjacent to an activating group) is 1. The normalized spacial score (nSPS) is 23.1. The van der Waals surface area contributed by atoms with E-state index in [0.29, 0.717) is 12.1 Å². The summed E-state index contributed by atoms with van der Waals surface area (Å²) in [4.78, 5) is 4.75. The second-order valence-corrected chi connectivity index (χ2v) is 7.03. The molecule has 0 bridgehead atoms. The van der Waals surface area contributed by atoms with Crippen LogP contribution in [0.15, 0.2) is 24.3 Å². The van der Waals surface area contributed by atoms with E-state index in [9.17, 15) is 0 Å². The summed E-state index contributed by atoms with van der Waals surface area (Å²) in [6.45, 7) is 2.93. The number of thiazole rings is 1. The number of hydrogen-bond donors (Lipinski definition) is 1. The van der Waals surface area contributed by atoms with Gasteiger partial charge in [0.25, 0.3) is 0 Å². The van der Waals surface area contributed by atoms with Gasteiger partial charge in [0.05, 0.1) is 21.3 Å². The number of aromatic nitrogens is 1. The molecule has 3 rings (SSSR count). The lowest BCUT2D eigenvalue weighted by molar-refractivity contribution is -0.0288. The van der Waals surface area contributed by atoms with Crippen LogP contribution >= 0.6 is 11.3 Å². The Labute approximate surface area is 130 Å². The Bertz CT molecular complexity index is 544. The Kier molecular flexibility index (Phi) is 4.88. The molecule has 1 aliphatic rings. The van der Waals surface area contributed by atoms with Crippen LogP contribution in [-0.4, -0.2) is 30.8 Å². The number of nitrogens with zero attached hydrogens (tertiary/aromatic N) is 1. The monoisotopic (exact) mass is 304 g/mol. The maximum Gasteiger partial charge on any atom is 0.0954 e. The van der Waals surface area contributed by atoms with Crippen LogP contribution in [0.5, 0.6) is 0 Å². The third-order valence-electron chi connectivity index (χ3n) is 4.38. The summed E-state index contributed by atoms with van der Waals surface area (Å²) in [6, 6.07) is 8.93. The molecule has 1 aromatic carbocycles. The lowest BCUT2D eigenvalue weighted by Crippen LogP contribution is -2.37. The van der Waals surface area contributed by atoms with Gasteiger partial charge in [0.1, 0.15) is 0 Å². The van der Waals surface area contributed by atoms with E-state index in [-0.39, 0.29) is 0 Å². The van der Waals surface area contributed by atoms with Gasteiger partial charge in [-0.25, -0.2) is 4.98 Å². The molecule has 1 aromatic heterocycles. The molecule has 2 aromatic rings. The highest BCUT2D eigenvalue weighted by atomic mass is 32.1. The van der Waals surface area contributed by atoms with Crippen LogP contribution in [0.25, 0.3) is 10.2 Å². The zero-order chi connectivity index (χ0) is 14.7. The zero-order valence-electron chi connectivity index (χ0n) is 12.8. The molecule has 0 radical (unpaired) electrons. The molecule has 114 valence electrons. The van der Waals surface area contributed by atoms with E-state index < -0.39 is 0 Å². The second-order valence-electron chi connectivity index (χ2n) is 5.92. The van der Waals surface area contributed by atoms with Crippen molar-refractivity contribution in [3.8, 4) is 0 Å². The minimum absolute atomic E-state index is 0.514. The first kappa shape index (κ1) is 14.9. The first-order chi connectivity index (χ1) is 10.3. The summed E-state index contributed by atoms with van der Waals surface area (Å²) in [7, 11) is 2.07. The molecule has 1 aliphatic carbocycles. The van der Waals surface area contributed by atoms with Crippen LogP contribution in [0.4, 0.5) is 0 Å². The molecular weight excluding hydrogens is 280 g/mol. The number of nitrogens with one attached hydrogen (secondary N) is 1. The molecule has 1 fully saturated rings. The third kappa shape index (κ3) is 3.62. The van der Waals surface area contributed by atoms with E-state index in [1.807, 2.05) is 11.3 Å². The zero-order valence-corrected chi connectivity index (χ0v) is 13.7. The molecule has 0 saturated heterocycles. The highest BCUT2D eigenvalue weighted by Crippen LogP contribution is 2.34. The molecule has 0 spiro atoms. The minimum Gasteiger partial charge on any atom is -0.378 e. The van der Waals surface area contributed by atoms with Crippen LogP contribution in [-0.2, 0) is 11.2 Å². The van der Waals surface area contributed by atoms with E-state index in [1.54, 1.807) is 0 Å². The summed E-state index contributed by atoms with van der Waals surface area (Å²) in [5, 5.41) is 4.71. The average Bonchev–Trinajstić information content (AvgIpc) is 2.86. The molecule has 1 N–H and O–H groups in total. The molecular formula is C17H24N2OS. The fourth-order valence-corrected chi connectivity index (χ4v) is 4.21. The van der Waals surface area contributed by atoms with E-state index in [4.69, 9.17) is 9.72 Å². The van der Waals surface area contributed by atoms with Crippen LogP contribution in [0.2, 0.25) is 0 Å². The molecule has 1 saturated carbocycles. The fraction of sp³-hybridized carbons (Fsp3) is 0.588. The topological polar surface area (TPSA) is 34.1 Å². The van der Waals surface area contributed by atoms with Crippen molar-refractivity contribution in [2.45, 2.75) is 44.8 Å². The van der Waals surface area contributed by atoms with Gasteiger partial charge in [-0.2, -0.15) is 0 Å². The van der Waals surface area contributed by atoms with Gasteiger partial charge in [-0.1, -0.05) is 12.1 Å². The fourth-order valence-electron chi connectivity index (χ4n) is 3.16. The molecule has 0 amide bonds. The summed E-state index contributed by atoms with van der Waals surface area (Å²) >= 11 is 1.83. The van der Waals surface area contributed by atoms with Crippen molar-refractivity contribution < 1.29 is 4.74 Å². The number of para-hydroxylation sites is 1. The van der Waals surface area contributed by atoms with Gasteiger partial charge in [0.2, 0.25) is 0 Å². The Morgan fingerprint density at radius 2 is 2.19 bits per heavy atom. The highest BCUT2D eigenvalue weighted by molar-refractivity contribution is 7.18. The van der Waals surface area contributed by atoms with Gasteiger partial charge < -0.3 is 10.1 Å². The van der Waals surface area contributed by atoms with Crippen LogP contribution in [0, 0.1) is 5.92 Å². The number of benzene rings is 1. The number of rotatable bonds is 7. The maximum absolute atomic E-state index is 5.65. The van der Waals surface area contributed by atoms with Crippen molar-refractivity contribution in [2.24, 2.45) is 5.92 Å². The molecule has 1 atom stereocenters. The van der Waals surface area contributed by atoms with Gasteiger partial charge in [0.15, 0.2) is 0 Å². The predicted octanol–water partition coefficient (Wildman–Crippen LogP) is 3.63. The van der Waals surface area contributed by atoms with Gasteiger partial charge in [-0.05, 0) is 51.3 Å². The Morgan fingerprint density at radius 3 is 2.90 bits per heavy atom. The van der Waals surface area contributed by atoms with E-state index in [2.05, 4.69) is 43.6 Å². The Balaban J connectivity index is 1.55. The molecule has 21 heavy (non-hydrogen) atoms. The minimum atomic E-state index is 0.514. The van der Waals surface area contributed by atoms with Gasteiger partial charge in [0, 0.05) is 19.1 Å². The number of fused-ring (bicyclic) bond motifs is 1. The third-order valence-corrected chi connectivity index (χ3v) is 5.44. The van der Waals surface area contributed by atoms with Gasteiger partial charge >= 0.3 is 0 Å². The lowest BCUT2D eigenvalue weighted by Gasteiger charge is -2.36. The second kappa shape index (κ2) is 6.86. The highest BCUT2D eigenvalue weighted by Gasteiger charge is 2.31. The standard InChI is InChI=1S/C17H24N2OS/c1-3-20-14-9-12(10-14)8-13(18-2)11-17-19-15-6-4-5-7-16(15)21-17/h4-7,12-14,18H,3,8-11H2,1-2H3. The first-order valence-electron chi connectivity index (χ1n) is 7.91. The van der Waals surface area contributed by atoms with Crippen LogP contribution in [0.1, 0.15) is 31.2 Å². The maximum atomic E-state index is 5.65. The van der Waals surface area contributed by atoms with Crippen LogP contribution in [0.3, 0.4) is 0 Å². The van der Waals surface area contributed by atoms with Crippen molar-refractivity contribution in [3.05, 3.63) is 29.3 Å². The molecule has 0 aliphatic heterocycles. The van der Waals surface area contributed by atoms with Crippen molar-refractivity contribution in [2.75, 3.05) is 13.7 Å². The van der Waals surface area contributed by atoms with Crippen molar-refractivity contribution in [3.63, 3.8) is 0 Å². The predicted molar refractivity (Wildman–Crippen MR) is 88.9 cm³/mol. The van der Waals surface area contributed by atoms with Crippen molar-refractivity contribution >= 4 is 21.6 Å². The van der Waals surface area contributed by atoms with Crippen LogP contribution < -0.4 is 5.32 Å². The number of hydrogen-bond acceptors (Lipinski definition) is 4. The Morgan fingerprint density at radius 1 is 1.38 bits per heavy atom. The van der Waals surface area contributed by atoms with Crippen molar-refractivity contribution in [1.29, 1.82) is 0 Å². The lowest BCUT2D eigenvalue weighted by atomic mass is 9.78. The summed E-state index contributed by atoms with van der Waals surface area (Å²) < 4.78 is 6.94. The van der Waals surface area contributed by atoms with Crippen molar-refractivity contribution in [1.82, 2.24) is 10.3 Å². The molecule has 1 heterocycles. The van der Waals surface area contributed by atoms with Gasteiger partial charge in [-0.3, -0.25) is 0 Å². The largest absolute Gasteiger partial charge is 0.378 e.